The van der Waals surface area contributed by atoms with Crippen LogP contribution in [0, 0.1) is 0 Å². The van der Waals surface area contributed by atoms with Gasteiger partial charge in [-0.05, 0) is 38.5 Å². The second-order valence-corrected chi connectivity index (χ2v) is 5.60. The van der Waals surface area contributed by atoms with Crippen LogP contribution < -0.4 is 0 Å². The average Bonchev–Trinajstić information content (AvgIpc) is 2.23. The van der Waals surface area contributed by atoms with Crippen molar-refractivity contribution in [2.75, 3.05) is 6.54 Å². The molecule has 0 radical (unpaired) electrons. The molecule has 1 aromatic carbocycles. The Morgan fingerprint density at radius 3 is 2.53 bits per heavy atom. The van der Waals surface area contributed by atoms with Crippen molar-refractivity contribution in [3.63, 3.8) is 0 Å². The molecule has 17 heavy (non-hydrogen) atoms. The van der Waals surface area contributed by atoms with Crippen molar-refractivity contribution in [1.29, 1.82) is 0 Å². The van der Waals surface area contributed by atoms with Crippen LogP contribution in [-0.4, -0.2) is 23.4 Å². The van der Waals surface area contributed by atoms with Gasteiger partial charge in [0, 0.05) is 27.6 Å². The van der Waals surface area contributed by atoms with Gasteiger partial charge in [0.15, 0.2) is 0 Å². The maximum atomic E-state index is 12.3. The summed E-state index contributed by atoms with van der Waals surface area (Å²) in [4.78, 5) is 14.2. The van der Waals surface area contributed by atoms with E-state index in [2.05, 4.69) is 22.9 Å². The molecule has 0 fully saturated rings. The zero-order chi connectivity index (χ0) is 13.0. The predicted octanol–water partition coefficient (Wildman–Crippen LogP) is 4.36. The molecule has 0 atom stereocenters. The zero-order valence-corrected chi connectivity index (χ0v) is 12.7. The summed E-state index contributed by atoms with van der Waals surface area (Å²) in [5.41, 5.74) is 0.631. The van der Waals surface area contributed by atoms with Crippen LogP contribution in [0.1, 0.15) is 37.6 Å². The van der Waals surface area contributed by atoms with Crippen LogP contribution in [0.15, 0.2) is 22.7 Å². The van der Waals surface area contributed by atoms with Crippen LogP contribution in [0.3, 0.4) is 0 Å². The summed E-state index contributed by atoms with van der Waals surface area (Å²) in [7, 11) is 0. The molecule has 2 nitrogen and oxygen atoms in total. The Hall–Kier alpha value is -0.540. The number of hydrogen-bond acceptors (Lipinski definition) is 1. The van der Waals surface area contributed by atoms with Crippen molar-refractivity contribution in [3.8, 4) is 0 Å². The standard InChI is InChI=1S/C13H17BrClNO/c1-4-5-16(9(2)3)13(17)10-6-11(14)8-12(15)7-10/h6-9H,4-5H2,1-3H3. The summed E-state index contributed by atoms with van der Waals surface area (Å²) in [5.74, 6) is 0.0325. The summed E-state index contributed by atoms with van der Waals surface area (Å²) in [6.07, 6.45) is 0.950. The topological polar surface area (TPSA) is 20.3 Å². The molecule has 0 aliphatic carbocycles. The molecule has 0 unspecified atom stereocenters. The lowest BCUT2D eigenvalue weighted by Gasteiger charge is -2.26. The van der Waals surface area contributed by atoms with E-state index in [0.29, 0.717) is 10.6 Å². The number of halogens is 2. The Labute approximate surface area is 116 Å². The molecule has 0 bridgehead atoms. The second-order valence-electron chi connectivity index (χ2n) is 4.25. The van der Waals surface area contributed by atoms with Crippen molar-refractivity contribution in [2.24, 2.45) is 0 Å². The number of nitrogens with zero attached hydrogens (tertiary/aromatic N) is 1. The lowest BCUT2D eigenvalue weighted by atomic mass is 10.1. The third-order valence-corrected chi connectivity index (χ3v) is 3.13. The van der Waals surface area contributed by atoms with Gasteiger partial charge in [0.2, 0.25) is 0 Å². The van der Waals surface area contributed by atoms with Crippen molar-refractivity contribution in [1.82, 2.24) is 4.90 Å². The van der Waals surface area contributed by atoms with E-state index in [-0.39, 0.29) is 11.9 Å². The molecule has 0 aliphatic rings. The van der Waals surface area contributed by atoms with Gasteiger partial charge >= 0.3 is 0 Å². The second kappa shape index (κ2) is 6.41. The van der Waals surface area contributed by atoms with E-state index in [1.54, 1.807) is 18.2 Å². The molecule has 0 N–H and O–H groups in total. The highest BCUT2D eigenvalue weighted by Crippen LogP contribution is 2.21. The minimum absolute atomic E-state index is 0.0325. The SMILES string of the molecule is CCCN(C(=O)c1cc(Cl)cc(Br)c1)C(C)C. The summed E-state index contributed by atoms with van der Waals surface area (Å²) >= 11 is 9.31. The first-order valence-corrected chi connectivity index (χ1v) is 6.89. The fraction of sp³-hybridized carbons (Fsp3) is 0.462. The van der Waals surface area contributed by atoms with Crippen molar-refractivity contribution in [3.05, 3.63) is 33.3 Å². The van der Waals surface area contributed by atoms with E-state index < -0.39 is 0 Å². The van der Waals surface area contributed by atoms with E-state index in [1.165, 1.54) is 0 Å². The van der Waals surface area contributed by atoms with Crippen LogP contribution in [0.25, 0.3) is 0 Å². The van der Waals surface area contributed by atoms with Crippen molar-refractivity contribution in [2.45, 2.75) is 33.2 Å². The monoisotopic (exact) mass is 317 g/mol. The maximum absolute atomic E-state index is 12.3. The predicted molar refractivity (Wildman–Crippen MR) is 75.6 cm³/mol. The Kier molecular flexibility index (Phi) is 5.47. The van der Waals surface area contributed by atoms with Gasteiger partial charge < -0.3 is 4.90 Å². The summed E-state index contributed by atoms with van der Waals surface area (Å²) < 4.78 is 0.827. The lowest BCUT2D eigenvalue weighted by molar-refractivity contribution is 0.0706. The van der Waals surface area contributed by atoms with Crippen LogP contribution in [0.4, 0.5) is 0 Å². The van der Waals surface area contributed by atoms with E-state index >= 15 is 0 Å². The lowest BCUT2D eigenvalue weighted by Crippen LogP contribution is -2.37. The third kappa shape index (κ3) is 4.00. The molecular formula is C13H17BrClNO. The fourth-order valence-electron chi connectivity index (χ4n) is 1.68. The Morgan fingerprint density at radius 2 is 2.06 bits per heavy atom. The number of benzene rings is 1. The third-order valence-electron chi connectivity index (χ3n) is 2.46. The number of carbonyl (C=O) groups excluding carboxylic acids is 1. The highest BCUT2D eigenvalue weighted by Gasteiger charge is 2.18. The molecule has 1 amide bonds. The minimum atomic E-state index is 0.0325. The van der Waals surface area contributed by atoms with Crippen LogP contribution in [0.2, 0.25) is 5.02 Å². The normalized spacial score (nSPS) is 10.7. The van der Waals surface area contributed by atoms with Gasteiger partial charge in [0.05, 0.1) is 0 Å². The quantitative estimate of drug-likeness (QED) is 0.807. The molecule has 0 saturated carbocycles. The first kappa shape index (κ1) is 14.5. The van der Waals surface area contributed by atoms with E-state index in [0.717, 1.165) is 17.4 Å². The van der Waals surface area contributed by atoms with E-state index in [9.17, 15) is 4.79 Å². The van der Waals surface area contributed by atoms with Crippen molar-refractivity contribution < 1.29 is 4.79 Å². The van der Waals surface area contributed by atoms with Gasteiger partial charge in [-0.3, -0.25) is 4.79 Å². The number of carbonyl (C=O) groups is 1. The summed E-state index contributed by atoms with van der Waals surface area (Å²) in [5, 5.41) is 0.572. The van der Waals surface area contributed by atoms with Gasteiger partial charge in [-0.2, -0.15) is 0 Å². The molecular weight excluding hydrogens is 302 g/mol. The van der Waals surface area contributed by atoms with E-state index in [4.69, 9.17) is 11.6 Å². The maximum Gasteiger partial charge on any atom is 0.254 e. The van der Waals surface area contributed by atoms with Crippen molar-refractivity contribution >= 4 is 33.4 Å². The Balaban J connectivity index is 3.00. The van der Waals surface area contributed by atoms with Gasteiger partial charge in [-0.25, -0.2) is 0 Å². The Morgan fingerprint density at radius 1 is 1.41 bits per heavy atom. The number of rotatable bonds is 4. The molecule has 0 aliphatic heterocycles. The highest BCUT2D eigenvalue weighted by molar-refractivity contribution is 9.10. The van der Waals surface area contributed by atoms with Crippen LogP contribution in [-0.2, 0) is 0 Å². The summed E-state index contributed by atoms with van der Waals surface area (Å²) in [6, 6.07) is 5.48. The van der Waals surface area contributed by atoms with Crippen LogP contribution >= 0.6 is 27.5 Å². The zero-order valence-electron chi connectivity index (χ0n) is 10.3. The van der Waals surface area contributed by atoms with Gasteiger partial charge in [-0.1, -0.05) is 34.5 Å². The minimum Gasteiger partial charge on any atom is -0.336 e. The number of hydrogen-bond donors (Lipinski definition) is 0. The molecule has 4 heteroatoms. The molecule has 1 aromatic rings. The van der Waals surface area contributed by atoms with Gasteiger partial charge in [-0.15, -0.1) is 0 Å². The first-order chi connectivity index (χ1) is 7.95. The van der Waals surface area contributed by atoms with E-state index in [1.807, 2.05) is 18.7 Å². The first-order valence-electron chi connectivity index (χ1n) is 5.72. The van der Waals surface area contributed by atoms with Crippen LogP contribution in [0.5, 0.6) is 0 Å². The molecule has 0 aromatic heterocycles. The summed E-state index contributed by atoms with van der Waals surface area (Å²) in [6.45, 7) is 6.87. The highest BCUT2D eigenvalue weighted by atomic mass is 79.9. The molecule has 0 heterocycles. The average molecular weight is 319 g/mol. The Bertz CT molecular complexity index is 386. The molecule has 94 valence electrons. The van der Waals surface area contributed by atoms with Gasteiger partial charge in [0.1, 0.15) is 0 Å². The smallest absolute Gasteiger partial charge is 0.254 e. The van der Waals surface area contributed by atoms with Gasteiger partial charge in [0.25, 0.3) is 5.91 Å². The molecule has 1 rings (SSSR count). The fourth-order valence-corrected chi connectivity index (χ4v) is 2.54. The molecule has 0 spiro atoms. The molecule has 0 saturated heterocycles. The largest absolute Gasteiger partial charge is 0.336 e. The number of amides is 1.